The Morgan fingerprint density at radius 1 is 1.27 bits per heavy atom. The van der Waals surface area contributed by atoms with Crippen LogP contribution in [-0.4, -0.2) is 56.9 Å². The van der Waals surface area contributed by atoms with Crippen molar-refractivity contribution in [1.82, 2.24) is 13.9 Å². The van der Waals surface area contributed by atoms with Crippen LogP contribution in [0, 0.1) is 0 Å². The van der Waals surface area contributed by atoms with Crippen LogP contribution in [0.3, 0.4) is 0 Å². The smallest absolute Gasteiger partial charge is 0.279 e. The molecule has 1 rings (SSSR count). The summed E-state index contributed by atoms with van der Waals surface area (Å²) < 4.78 is 26.8. The second kappa shape index (κ2) is 5.25. The Labute approximate surface area is 92.6 Å². The van der Waals surface area contributed by atoms with Crippen LogP contribution in [0.1, 0.15) is 20.3 Å². The molecule has 90 valence electrons. The first-order valence-corrected chi connectivity index (χ1v) is 6.88. The predicted molar refractivity (Wildman–Crippen MR) is 60.9 cm³/mol. The largest absolute Gasteiger partial charge is 0.298 e. The van der Waals surface area contributed by atoms with E-state index in [0.29, 0.717) is 19.1 Å². The number of nitrogens with zero attached hydrogens (tertiary/aromatic N) is 2. The Kier molecular flexibility index (Phi) is 4.51. The number of piperazine rings is 1. The molecule has 1 aliphatic rings. The SMILES string of the molecule is CCC(C)N1CCN(S(=O)(=O)NC)CC1. The van der Waals surface area contributed by atoms with Crippen LogP contribution in [0.4, 0.5) is 0 Å². The summed E-state index contributed by atoms with van der Waals surface area (Å²) in [5.41, 5.74) is 0. The van der Waals surface area contributed by atoms with Crippen molar-refractivity contribution in [3.63, 3.8) is 0 Å². The third kappa shape index (κ3) is 3.14. The van der Waals surface area contributed by atoms with E-state index in [9.17, 15) is 8.42 Å². The highest BCUT2D eigenvalue weighted by atomic mass is 32.2. The Bertz CT molecular complexity index is 284. The molecule has 1 heterocycles. The molecule has 5 nitrogen and oxygen atoms in total. The lowest BCUT2D eigenvalue weighted by molar-refractivity contribution is 0.142. The van der Waals surface area contributed by atoms with Crippen LogP contribution in [0.2, 0.25) is 0 Å². The molecule has 1 unspecified atom stereocenters. The molecule has 0 amide bonds. The van der Waals surface area contributed by atoms with Crippen LogP contribution < -0.4 is 4.72 Å². The number of nitrogens with one attached hydrogen (secondary N) is 1. The monoisotopic (exact) mass is 235 g/mol. The standard InChI is InChI=1S/C9H21N3O2S/c1-4-9(2)11-5-7-12(8-6-11)15(13,14)10-3/h9-10H,4-8H2,1-3H3. The zero-order valence-electron chi connectivity index (χ0n) is 9.73. The van der Waals surface area contributed by atoms with Gasteiger partial charge in [0.05, 0.1) is 0 Å². The van der Waals surface area contributed by atoms with Gasteiger partial charge in [-0.25, -0.2) is 4.72 Å². The molecule has 1 saturated heterocycles. The van der Waals surface area contributed by atoms with Crippen molar-refractivity contribution in [2.45, 2.75) is 26.3 Å². The fourth-order valence-electron chi connectivity index (χ4n) is 1.77. The minimum absolute atomic E-state index is 0.546. The number of hydrogen-bond donors (Lipinski definition) is 1. The molecular formula is C9H21N3O2S. The van der Waals surface area contributed by atoms with Crippen LogP contribution in [-0.2, 0) is 10.2 Å². The van der Waals surface area contributed by atoms with Gasteiger partial charge in [0, 0.05) is 39.3 Å². The number of rotatable bonds is 4. The normalized spacial score (nSPS) is 22.9. The summed E-state index contributed by atoms with van der Waals surface area (Å²) in [6.45, 7) is 7.18. The minimum Gasteiger partial charge on any atom is -0.298 e. The van der Waals surface area contributed by atoms with E-state index in [-0.39, 0.29) is 0 Å². The summed E-state index contributed by atoms with van der Waals surface area (Å²) in [6.07, 6.45) is 1.11. The molecule has 0 aromatic rings. The van der Waals surface area contributed by atoms with Gasteiger partial charge in [-0.2, -0.15) is 12.7 Å². The Morgan fingerprint density at radius 3 is 2.20 bits per heavy atom. The maximum atomic E-state index is 11.5. The molecule has 1 aliphatic heterocycles. The molecule has 1 fully saturated rings. The molecule has 1 atom stereocenters. The second-order valence-electron chi connectivity index (χ2n) is 3.90. The van der Waals surface area contributed by atoms with Crippen molar-refractivity contribution in [2.24, 2.45) is 0 Å². The van der Waals surface area contributed by atoms with Gasteiger partial charge in [-0.15, -0.1) is 0 Å². The molecule has 15 heavy (non-hydrogen) atoms. The molecule has 0 bridgehead atoms. The Balaban J connectivity index is 2.49. The summed E-state index contributed by atoms with van der Waals surface area (Å²) in [6, 6.07) is 0.546. The van der Waals surface area contributed by atoms with Gasteiger partial charge in [0.15, 0.2) is 0 Å². The zero-order valence-corrected chi connectivity index (χ0v) is 10.5. The van der Waals surface area contributed by atoms with Crippen LogP contribution >= 0.6 is 0 Å². The molecule has 0 spiro atoms. The molecule has 0 aromatic carbocycles. The summed E-state index contributed by atoms with van der Waals surface area (Å²) in [4.78, 5) is 2.34. The fraction of sp³-hybridized carbons (Fsp3) is 1.00. The van der Waals surface area contributed by atoms with Crippen molar-refractivity contribution in [3.8, 4) is 0 Å². The minimum atomic E-state index is -3.22. The lowest BCUT2D eigenvalue weighted by Crippen LogP contribution is -2.53. The van der Waals surface area contributed by atoms with Crippen molar-refractivity contribution in [3.05, 3.63) is 0 Å². The van der Waals surface area contributed by atoms with E-state index < -0.39 is 10.2 Å². The molecule has 1 N–H and O–H groups in total. The summed E-state index contributed by atoms with van der Waals surface area (Å²) in [5, 5.41) is 0. The van der Waals surface area contributed by atoms with E-state index in [1.54, 1.807) is 0 Å². The van der Waals surface area contributed by atoms with Gasteiger partial charge < -0.3 is 0 Å². The van der Waals surface area contributed by atoms with E-state index in [0.717, 1.165) is 19.5 Å². The molecule has 6 heteroatoms. The second-order valence-corrected chi connectivity index (χ2v) is 5.78. The molecular weight excluding hydrogens is 214 g/mol. The van der Waals surface area contributed by atoms with Crippen LogP contribution in [0.15, 0.2) is 0 Å². The van der Waals surface area contributed by atoms with Gasteiger partial charge >= 0.3 is 0 Å². The molecule has 0 radical (unpaired) electrons. The first kappa shape index (κ1) is 12.9. The van der Waals surface area contributed by atoms with E-state index in [4.69, 9.17) is 0 Å². The van der Waals surface area contributed by atoms with Crippen molar-refractivity contribution in [1.29, 1.82) is 0 Å². The predicted octanol–water partition coefficient (Wildman–Crippen LogP) is -0.133. The summed E-state index contributed by atoms with van der Waals surface area (Å²) in [5.74, 6) is 0. The van der Waals surface area contributed by atoms with Gasteiger partial charge in [0.2, 0.25) is 0 Å². The maximum absolute atomic E-state index is 11.5. The molecule has 0 aromatic heterocycles. The quantitative estimate of drug-likeness (QED) is 0.738. The van der Waals surface area contributed by atoms with Gasteiger partial charge in [0.25, 0.3) is 10.2 Å². The third-order valence-corrected chi connectivity index (χ3v) is 4.65. The van der Waals surface area contributed by atoms with Gasteiger partial charge in [0.1, 0.15) is 0 Å². The van der Waals surface area contributed by atoms with Crippen molar-refractivity contribution >= 4 is 10.2 Å². The molecule has 0 saturated carbocycles. The van der Waals surface area contributed by atoms with E-state index in [1.807, 2.05) is 0 Å². The lowest BCUT2D eigenvalue weighted by atomic mass is 10.2. The summed E-state index contributed by atoms with van der Waals surface area (Å²) >= 11 is 0. The Morgan fingerprint density at radius 2 is 1.80 bits per heavy atom. The van der Waals surface area contributed by atoms with Gasteiger partial charge in [-0.05, 0) is 13.3 Å². The van der Waals surface area contributed by atoms with Crippen molar-refractivity contribution in [2.75, 3.05) is 33.2 Å². The van der Waals surface area contributed by atoms with Crippen LogP contribution in [0.5, 0.6) is 0 Å². The zero-order chi connectivity index (χ0) is 11.5. The third-order valence-electron chi connectivity index (χ3n) is 3.09. The van der Waals surface area contributed by atoms with Crippen molar-refractivity contribution < 1.29 is 8.42 Å². The average Bonchev–Trinajstić information content (AvgIpc) is 2.28. The average molecular weight is 235 g/mol. The topological polar surface area (TPSA) is 52.7 Å². The highest BCUT2D eigenvalue weighted by Gasteiger charge is 2.26. The summed E-state index contributed by atoms with van der Waals surface area (Å²) in [7, 11) is -1.77. The number of hydrogen-bond acceptors (Lipinski definition) is 3. The Hall–Kier alpha value is -0.170. The van der Waals surface area contributed by atoms with Gasteiger partial charge in [-0.1, -0.05) is 6.92 Å². The first-order valence-electron chi connectivity index (χ1n) is 5.44. The first-order chi connectivity index (χ1) is 7.01. The lowest BCUT2D eigenvalue weighted by Gasteiger charge is -2.36. The maximum Gasteiger partial charge on any atom is 0.279 e. The van der Waals surface area contributed by atoms with E-state index >= 15 is 0 Å². The highest BCUT2D eigenvalue weighted by molar-refractivity contribution is 7.87. The highest BCUT2D eigenvalue weighted by Crippen LogP contribution is 2.10. The fourth-order valence-corrected chi connectivity index (χ4v) is 2.67. The van der Waals surface area contributed by atoms with Gasteiger partial charge in [-0.3, -0.25) is 4.90 Å². The van der Waals surface area contributed by atoms with E-state index in [1.165, 1.54) is 11.4 Å². The molecule has 0 aliphatic carbocycles. The van der Waals surface area contributed by atoms with E-state index in [2.05, 4.69) is 23.5 Å². The van der Waals surface area contributed by atoms with Crippen LogP contribution in [0.25, 0.3) is 0 Å².